The second-order valence-electron chi connectivity index (χ2n) is 11.9. The normalized spacial score (nSPS) is 32.4. The Kier molecular flexibility index (Phi) is 9.91. The monoisotopic (exact) mass is 526 g/mol. The summed E-state index contributed by atoms with van der Waals surface area (Å²) in [5, 5.41) is 17.2. The van der Waals surface area contributed by atoms with Crippen molar-refractivity contribution in [2.45, 2.75) is 85.2 Å². The first-order chi connectivity index (χ1) is 18.0. The molecule has 8 unspecified atom stereocenters. The zero-order valence-electron chi connectivity index (χ0n) is 23.7. The SMILES string of the molecule is C=CC(CCCCC)C1=C(C(=O)C2C(C)C=CC3(O)CC(C(=O)NCC(C)CC)CC(C)C23)C(=O)NC1=O. The van der Waals surface area contributed by atoms with E-state index in [1.54, 1.807) is 12.2 Å². The van der Waals surface area contributed by atoms with Gasteiger partial charge in [0.05, 0.1) is 11.2 Å². The summed E-state index contributed by atoms with van der Waals surface area (Å²) in [7, 11) is 0. The van der Waals surface area contributed by atoms with Crippen molar-refractivity contribution in [3.8, 4) is 0 Å². The summed E-state index contributed by atoms with van der Waals surface area (Å²) in [6.07, 6.45) is 10.5. The predicted octanol–water partition coefficient (Wildman–Crippen LogP) is 4.27. The van der Waals surface area contributed by atoms with Crippen LogP contribution >= 0.6 is 0 Å². The fourth-order valence-corrected chi connectivity index (χ4v) is 6.70. The van der Waals surface area contributed by atoms with Crippen LogP contribution in [-0.4, -0.2) is 40.8 Å². The number of ketones is 1. The van der Waals surface area contributed by atoms with Crippen LogP contribution in [0.5, 0.6) is 0 Å². The summed E-state index contributed by atoms with van der Waals surface area (Å²) in [4.78, 5) is 53.0. The average Bonchev–Trinajstić information content (AvgIpc) is 3.18. The van der Waals surface area contributed by atoms with Crippen LogP contribution in [0.15, 0.2) is 36.0 Å². The lowest BCUT2D eigenvalue weighted by Gasteiger charge is -2.51. The number of Topliss-reactive ketones (excluding diaryl/α,β-unsaturated/α-hetero) is 1. The zero-order chi connectivity index (χ0) is 28.2. The maximum atomic E-state index is 14.2. The number of aliphatic hydroxyl groups is 1. The quantitative estimate of drug-likeness (QED) is 0.152. The Morgan fingerprint density at radius 1 is 1.24 bits per heavy atom. The van der Waals surface area contributed by atoms with E-state index in [9.17, 15) is 24.3 Å². The van der Waals surface area contributed by atoms with Crippen LogP contribution in [0.4, 0.5) is 0 Å². The maximum Gasteiger partial charge on any atom is 0.262 e. The number of nitrogens with one attached hydrogen (secondary N) is 2. The van der Waals surface area contributed by atoms with Gasteiger partial charge in [-0.25, -0.2) is 0 Å². The van der Waals surface area contributed by atoms with E-state index in [0.717, 1.165) is 25.7 Å². The molecule has 7 nitrogen and oxygen atoms in total. The first kappa shape index (κ1) is 30.0. The van der Waals surface area contributed by atoms with Gasteiger partial charge in [-0.2, -0.15) is 0 Å². The smallest absolute Gasteiger partial charge is 0.262 e. The van der Waals surface area contributed by atoms with E-state index in [0.29, 0.717) is 25.3 Å². The molecular formula is C31H46N2O5. The molecule has 0 aromatic rings. The number of amides is 3. The van der Waals surface area contributed by atoms with Crippen LogP contribution in [0.2, 0.25) is 0 Å². The van der Waals surface area contributed by atoms with Crippen molar-refractivity contribution >= 4 is 23.5 Å². The lowest BCUT2D eigenvalue weighted by Crippen LogP contribution is -2.56. The van der Waals surface area contributed by atoms with Gasteiger partial charge < -0.3 is 10.4 Å². The van der Waals surface area contributed by atoms with E-state index in [4.69, 9.17) is 0 Å². The fourth-order valence-electron chi connectivity index (χ4n) is 6.70. The average molecular weight is 527 g/mol. The molecule has 1 fully saturated rings. The minimum Gasteiger partial charge on any atom is -0.385 e. The molecule has 3 amide bonds. The number of unbranched alkanes of at least 4 members (excludes halogenated alkanes) is 2. The van der Waals surface area contributed by atoms with Crippen LogP contribution in [-0.2, 0) is 19.2 Å². The van der Waals surface area contributed by atoms with Gasteiger partial charge in [-0.3, -0.25) is 24.5 Å². The van der Waals surface area contributed by atoms with Gasteiger partial charge >= 0.3 is 0 Å². The molecule has 0 aromatic carbocycles. The Morgan fingerprint density at radius 2 is 1.95 bits per heavy atom. The van der Waals surface area contributed by atoms with E-state index in [1.807, 2.05) is 19.9 Å². The first-order valence-electron chi connectivity index (χ1n) is 14.4. The third-order valence-electron chi connectivity index (χ3n) is 9.05. The molecule has 7 heteroatoms. The number of hydrogen-bond acceptors (Lipinski definition) is 5. The molecule has 210 valence electrons. The van der Waals surface area contributed by atoms with Gasteiger partial charge in [0.15, 0.2) is 5.78 Å². The Labute approximate surface area is 227 Å². The summed E-state index contributed by atoms with van der Waals surface area (Å²) in [5.41, 5.74) is -1.21. The number of imide groups is 1. The molecule has 2 aliphatic carbocycles. The lowest BCUT2D eigenvalue weighted by molar-refractivity contribution is -0.144. The highest BCUT2D eigenvalue weighted by molar-refractivity contribution is 6.33. The molecule has 0 radical (unpaired) electrons. The summed E-state index contributed by atoms with van der Waals surface area (Å²) >= 11 is 0. The van der Waals surface area contributed by atoms with Crippen LogP contribution in [0.25, 0.3) is 0 Å². The number of rotatable bonds is 12. The van der Waals surface area contributed by atoms with Gasteiger partial charge in [0.25, 0.3) is 11.8 Å². The lowest BCUT2D eigenvalue weighted by atomic mass is 9.55. The minimum absolute atomic E-state index is 0.0643. The maximum absolute atomic E-state index is 14.2. The zero-order valence-corrected chi connectivity index (χ0v) is 23.7. The Hall–Kier alpha value is -2.54. The highest BCUT2D eigenvalue weighted by Crippen LogP contribution is 2.51. The van der Waals surface area contributed by atoms with Gasteiger partial charge in [0, 0.05) is 35.8 Å². The molecule has 3 aliphatic rings. The van der Waals surface area contributed by atoms with Crippen LogP contribution in [0.3, 0.4) is 0 Å². The van der Waals surface area contributed by atoms with E-state index >= 15 is 0 Å². The van der Waals surface area contributed by atoms with Crippen molar-refractivity contribution in [2.24, 2.45) is 41.4 Å². The van der Waals surface area contributed by atoms with E-state index in [-0.39, 0.29) is 47.1 Å². The molecule has 0 bridgehead atoms. The molecule has 3 N–H and O–H groups in total. The molecular weight excluding hydrogens is 480 g/mol. The molecule has 1 heterocycles. The molecule has 38 heavy (non-hydrogen) atoms. The first-order valence-corrected chi connectivity index (χ1v) is 14.4. The Morgan fingerprint density at radius 3 is 2.58 bits per heavy atom. The molecule has 1 aliphatic heterocycles. The highest BCUT2D eigenvalue weighted by Gasteiger charge is 2.55. The number of carbonyl (C=O) groups excluding carboxylic acids is 4. The summed E-state index contributed by atoms with van der Waals surface area (Å²) in [6, 6.07) is 0. The van der Waals surface area contributed by atoms with Crippen molar-refractivity contribution in [1.82, 2.24) is 10.6 Å². The van der Waals surface area contributed by atoms with Gasteiger partial charge in [-0.05, 0) is 37.0 Å². The van der Waals surface area contributed by atoms with Crippen molar-refractivity contribution in [2.75, 3.05) is 6.54 Å². The van der Waals surface area contributed by atoms with Crippen molar-refractivity contribution in [3.05, 3.63) is 36.0 Å². The molecule has 3 rings (SSSR count). The largest absolute Gasteiger partial charge is 0.385 e. The topological polar surface area (TPSA) is 113 Å². The number of allylic oxidation sites excluding steroid dienone is 2. The van der Waals surface area contributed by atoms with Gasteiger partial charge in [0.2, 0.25) is 5.91 Å². The fraction of sp³-hybridized carbons (Fsp3) is 0.677. The van der Waals surface area contributed by atoms with Gasteiger partial charge in [-0.1, -0.05) is 78.5 Å². The number of hydrogen-bond donors (Lipinski definition) is 3. The van der Waals surface area contributed by atoms with Crippen molar-refractivity contribution < 1.29 is 24.3 Å². The van der Waals surface area contributed by atoms with E-state index < -0.39 is 35.0 Å². The summed E-state index contributed by atoms with van der Waals surface area (Å²) < 4.78 is 0. The van der Waals surface area contributed by atoms with Crippen LogP contribution in [0.1, 0.15) is 79.6 Å². The predicted molar refractivity (Wildman–Crippen MR) is 148 cm³/mol. The van der Waals surface area contributed by atoms with Crippen molar-refractivity contribution in [1.29, 1.82) is 0 Å². The van der Waals surface area contributed by atoms with E-state index in [2.05, 4.69) is 38.0 Å². The van der Waals surface area contributed by atoms with E-state index in [1.165, 1.54) is 0 Å². The molecule has 0 aromatic heterocycles. The molecule has 8 atom stereocenters. The van der Waals surface area contributed by atoms with Gasteiger partial charge in [0.1, 0.15) is 0 Å². The van der Waals surface area contributed by atoms with Crippen LogP contribution < -0.4 is 10.6 Å². The summed E-state index contributed by atoms with van der Waals surface area (Å²) in [6.45, 7) is 14.6. The Balaban J connectivity index is 1.92. The third kappa shape index (κ3) is 6.03. The second-order valence-corrected chi connectivity index (χ2v) is 11.9. The molecule has 1 saturated carbocycles. The number of carbonyl (C=O) groups is 4. The Bertz CT molecular complexity index is 1010. The summed E-state index contributed by atoms with van der Waals surface area (Å²) in [5.74, 6) is -3.52. The third-order valence-corrected chi connectivity index (χ3v) is 9.05. The highest BCUT2D eigenvalue weighted by atomic mass is 16.3. The minimum atomic E-state index is -1.35. The van der Waals surface area contributed by atoms with Gasteiger partial charge in [-0.15, -0.1) is 6.58 Å². The van der Waals surface area contributed by atoms with Crippen LogP contribution in [0, 0.1) is 41.4 Å². The standard InChI is InChI=1S/C31H46N2O5/c1-7-10-11-12-21(9-3)24-25(30(37)33-29(24)36)27(34)23-19(5)13-14-31(38)16-22(15-20(6)26(23)31)28(35)32-17-18(4)8-2/h9,13-14,18-23,26,38H,3,7-8,10-12,15-17H2,1-2,4-6H3,(H,32,35)(H,33,36,37). The van der Waals surface area contributed by atoms with Crippen molar-refractivity contribution in [3.63, 3.8) is 0 Å². The molecule has 0 spiro atoms. The number of fused-ring (bicyclic) bond motifs is 1. The second kappa shape index (κ2) is 12.5. The molecule has 0 saturated heterocycles.